The van der Waals surface area contributed by atoms with Gasteiger partial charge >= 0.3 is 11.9 Å². The Morgan fingerprint density at radius 3 is 2.77 bits per heavy atom. The first-order valence-corrected chi connectivity index (χ1v) is 10.6. The van der Waals surface area contributed by atoms with Gasteiger partial charge in [-0.3, -0.25) is 19.4 Å². The number of hydrogen-bond acceptors (Lipinski definition) is 9. The molecule has 0 saturated heterocycles. The van der Waals surface area contributed by atoms with Gasteiger partial charge in [-0.2, -0.15) is 4.98 Å². The molecule has 7 N–H and O–H groups in total. The summed E-state index contributed by atoms with van der Waals surface area (Å²) in [4.78, 5) is 53.2. The first-order valence-electron chi connectivity index (χ1n) is 9.27. The highest BCUT2D eigenvalue weighted by atomic mass is 32.2. The third-order valence-electron chi connectivity index (χ3n) is 4.20. The van der Waals surface area contributed by atoms with Gasteiger partial charge in [0.05, 0.1) is 0 Å². The zero-order valence-electron chi connectivity index (χ0n) is 16.3. The van der Waals surface area contributed by atoms with Gasteiger partial charge in [0.1, 0.15) is 16.8 Å². The summed E-state index contributed by atoms with van der Waals surface area (Å²) in [6.07, 6.45) is 4.93. The number of rotatable bonds is 10. The second-order valence-electron chi connectivity index (χ2n) is 6.64. The van der Waals surface area contributed by atoms with E-state index in [1.807, 2.05) is 0 Å². The van der Waals surface area contributed by atoms with Crippen molar-refractivity contribution in [3.05, 3.63) is 33.5 Å². The third kappa shape index (κ3) is 8.02. The summed E-state index contributed by atoms with van der Waals surface area (Å²) in [7, 11) is 0. The van der Waals surface area contributed by atoms with E-state index in [9.17, 15) is 19.2 Å². The molecule has 168 valence electrons. The molecule has 1 aromatic heterocycles. The summed E-state index contributed by atoms with van der Waals surface area (Å²) < 4.78 is 0. The number of carboxylic acid groups (broad SMARTS) is 2. The van der Waals surface area contributed by atoms with Gasteiger partial charge in [0.2, 0.25) is 11.9 Å². The number of hydrogen-bond donors (Lipinski definition) is 7. The summed E-state index contributed by atoms with van der Waals surface area (Å²) >= 11 is 5.79. The number of carbonyl (C=O) groups is 3. The number of thioether (sulfide) groups is 1. The Labute approximate surface area is 187 Å². The zero-order valence-corrected chi connectivity index (χ0v) is 18.0. The van der Waals surface area contributed by atoms with Gasteiger partial charge in [0.25, 0.3) is 5.56 Å². The number of aromatic nitrogens is 2. The molecular weight excluding hydrogens is 446 g/mol. The lowest BCUT2D eigenvalue weighted by atomic mass is 10.1. The van der Waals surface area contributed by atoms with Crippen molar-refractivity contribution in [1.29, 1.82) is 0 Å². The largest absolute Gasteiger partial charge is 0.481 e. The molecule has 0 aromatic carbocycles. The number of carboxylic acids is 2. The van der Waals surface area contributed by atoms with E-state index in [1.54, 1.807) is 6.08 Å². The van der Waals surface area contributed by atoms with Crippen LogP contribution in [0.15, 0.2) is 32.8 Å². The molecule has 0 saturated carbocycles. The van der Waals surface area contributed by atoms with Crippen LogP contribution in [0.3, 0.4) is 0 Å². The van der Waals surface area contributed by atoms with Crippen LogP contribution in [0, 0.1) is 0 Å². The smallest absolute Gasteiger partial charge is 0.326 e. The molecule has 0 aliphatic carbocycles. The number of amides is 1. The van der Waals surface area contributed by atoms with Gasteiger partial charge in [0.15, 0.2) is 0 Å². The lowest BCUT2D eigenvalue weighted by Crippen LogP contribution is -2.40. The molecule has 2 heterocycles. The lowest BCUT2D eigenvalue weighted by Gasteiger charge is -2.24. The van der Waals surface area contributed by atoms with Crippen LogP contribution < -0.4 is 21.9 Å². The number of allylic oxidation sites excluding steroid dienone is 3. The molecule has 0 spiro atoms. The highest BCUT2D eigenvalue weighted by Gasteiger charge is 2.23. The number of nitrogen functional groups attached to an aromatic ring is 1. The van der Waals surface area contributed by atoms with E-state index < -0.39 is 23.9 Å². The average Bonchev–Trinajstić information content (AvgIpc) is 2.69. The van der Waals surface area contributed by atoms with Crippen molar-refractivity contribution in [2.75, 3.05) is 17.6 Å². The van der Waals surface area contributed by atoms with E-state index in [2.05, 4.69) is 33.2 Å². The van der Waals surface area contributed by atoms with Crippen LogP contribution in [0.5, 0.6) is 0 Å². The van der Waals surface area contributed by atoms with Gasteiger partial charge in [-0.15, -0.1) is 24.4 Å². The van der Waals surface area contributed by atoms with Crippen LogP contribution >= 0.6 is 24.4 Å². The van der Waals surface area contributed by atoms with Crippen LogP contribution in [0.25, 0.3) is 0 Å². The number of nitrogens with one attached hydrogen (secondary N) is 3. The number of anilines is 2. The monoisotopic (exact) mass is 469 g/mol. The molecule has 1 amide bonds. The van der Waals surface area contributed by atoms with E-state index in [0.717, 1.165) is 6.08 Å². The number of H-pyrrole nitrogens is 1. The lowest BCUT2D eigenvalue weighted by molar-refractivity contribution is -0.142. The highest BCUT2D eigenvalue weighted by Crippen LogP contribution is 2.33. The highest BCUT2D eigenvalue weighted by molar-refractivity contribution is 8.00. The number of aliphatic carboxylic acids is 2. The molecule has 1 aliphatic heterocycles. The SMILES string of the molecule is Nc1nc2c(c(=O)[nH]1)S[C@@H](CC/C(S)=C/C=C/C(=O)N[C@@H](CCC(=O)O)C(=O)O)CN2. The minimum atomic E-state index is -1.30. The molecule has 0 unspecified atom stereocenters. The molecule has 0 fully saturated rings. The number of nitrogens with two attached hydrogens (primary N) is 1. The Hall–Kier alpha value is -2.93. The maximum absolute atomic E-state index is 12.0. The molecule has 2 atom stereocenters. The van der Waals surface area contributed by atoms with Crippen LogP contribution in [-0.2, 0) is 14.4 Å². The van der Waals surface area contributed by atoms with Gasteiger partial charge < -0.3 is 26.6 Å². The summed E-state index contributed by atoms with van der Waals surface area (Å²) in [5.74, 6) is -2.56. The van der Waals surface area contributed by atoms with E-state index >= 15 is 0 Å². The Balaban J connectivity index is 1.82. The fraction of sp³-hybridized carbons (Fsp3) is 0.389. The third-order valence-corrected chi connectivity index (χ3v) is 5.92. The molecule has 1 aliphatic rings. The number of aromatic amines is 1. The normalized spacial score (nSPS) is 16.9. The van der Waals surface area contributed by atoms with Crippen molar-refractivity contribution in [1.82, 2.24) is 15.3 Å². The predicted octanol–water partition coefficient (Wildman–Crippen LogP) is 0.823. The van der Waals surface area contributed by atoms with Crippen LogP contribution in [-0.4, -0.2) is 55.9 Å². The molecule has 2 rings (SSSR count). The predicted molar refractivity (Wildman–Crippen MR) is 119 cm³/mol. The van der Waals surface area contributed by atoms with E-state index in [0.29, 0.717) is 35.0 Å². The first kappa shape index (κ1) is 24.3. The Bertz CT molecular complexity index is 961. The van der Waals surface area contributed by atoms with Crippen molar-refractivity contribution in [3.8, 4) is 0 Å². The van der Waals surface area contributed by atoms with E-state index in [4.69, 9.17) is 15.9 Å². The van der Waals surface area contributed by atoms with Crippen molar-refractivity contribution in [2.45, 2.75) is 41.9 Å². The van der Waals surface area contributed by atoms with Crippen molar-refractivity contribution < 1.29 is 24.6 Å². The molecular formula is C18H23N5O6S2. The average molecular weight is 470 g/mol. The number of fused-ring (bicyclic) bond motifs is 1. The minimum Gasteiger partial charge on any atom is -0.481 e. The molecule has 31 heavy (non-hydrogen) atoms. The fourth-order valence-electron chi connectivity index (χ4n) is 2.67. The van der Waals surface area contributed by atoms with Crippen molar-refractivity contribution in [3.63, 3.8) is 0 Å². The van der Waals surface area contributed by atoms with Gasteiger partial charge in [0, 0.05) is 24.3 Å². The molecule has 13 heteroatoms. The molecule has 11 nitrogen and oxygen atoms in total. The van der Waals surface area contributed by atoms with Crippen LogP contribution in [0.2, 0.25) is 0 Å². The topological polar surface area (TPSA) is 187 Å². The summed E-state index contributed by atoms with van der Waals surface area (Å²) in [6, 6.07) is -1.28. The maximum Gasteiger partial charge on any atom is 0.326 e. The quantitative estimate of drug-likeness (QED) is 0.147. The van der Waals surface area contributed by atoms with Crippen LogP contribution in [0.4, 0.5) is 11.8 Å². The molecule has 0 bridgehead atoms. The Morgan fingerprint density at radius 2 is 2.10 bits per heavy atom. The summed E-state index contributed by atoms with van der Waals surface area (Å²) in [5.41, 5.74) is 5.24. The van der Waals surface area contributed by atoms with Gasteiger partial charge in [-0.25, -0.2) is 4.79 Å². The summed E-state index contributed by atoms with van der Waals surface area (Å²) in [6.45, 7) is 0.611. The second-order valence-corrected chi connectivity index (χ2v) is 8.52. The number of thiol groups is 1. The number of carbonyl (C=O) groups excluding carboxylic acids is 1. The maximum atomic E-state index is 12.0. The van der Waals surface area contributed by atoms with E-state index in [-0.39, 0.29) is 29.6 Å². The van der Waals surface area contributed by atoms with Gasteiger partial charge in [-0.1, -0.05) is 12.2 Å². The standard InChI is InChI=1S/C18H23N5O6S2/c19-18-22-15-14(16(27)23-18)31-10(8-20-15)5-4-9(30)2-1-3-12(24)21-11(17(28)29)6-7-13(25)26/h1-3,10-11,30H,4-8H2,(H,21,24)(H,25,26)(H,28,29)(H4,19,20,22,23,27)/b3-1+,9-2-/t10-,11-/m0/s1. The Morgan fingerprint density at radius 1 is 1.35 bits per heavy atom. The molecule has 0 radical (unpaired) electrons. The minimum absolute atomic E-state index is 0.0586. The number of nitrogens with zero attached hydrogens (tertiary/aromatic N) is 1. The summed E-state index contributed by atoms with van der Waals surface area (Å²) in [5, 5.41) is 23.1. The van der Waals surface area contributed by atoms with E-state index in [1.165, 1.54) is 17.8 Å². The fourth-order valence-corrected chi connectivity index (χ4v) is 4.01. The first-order chi connectivity index (χ1) is 14.7. The zero-order chi connectivity index (χ0) is 23.0. The second kappa shape index (κ2) is 11.5. The Kier molecular flexibility index (Phi) is 9.00. The van der Waals surface area contributed by atoms with Crippen LogP contribution in [0.1, 0.15) is 25.7 Å². The van der Waals surface area contributed by atoms with Gasteiger partial charge in [-0.05, 0) is 24.2 Å². The van der Waals surface area contributed by atoms with Crippen molar-refractivity contribution in [2.24, 2.45) is 0 Å². The molecule has 1 aromatic rings. The van der Waals surface area contributed by atoms with Crippen molar-refractivity contribution >= 4 is 54.0 Å².